The maximum Gasteiger partial charge on any atom is 0.120 e. The largest absolute Gasteiger partial charge is 0.491 e. The second kappa shape index (κ2) is 8.71. The molecule has 3 heteroatoms. The first-order valence-electron chi connectivity index (χ1n) is 7.72. The van der Waals surface area contributed by atoms with Crippen LogP contribution in [0, 0.1) is 17.8 Å². The van der Waals surface area contributed by atoms with Gasteiger partial charge in [-0.3, -0.25) is 0 Å². The molecule has 1 aliphatic rings. The first-order chi connectivity index (χ1) is 10.3. The Morgan fingerprint density at radius 2 is 2.00 bits per heavy atom. The Hall–Kier alpha value is -1.50. The van der Waals surface area contributed by atoms with Crippen molar-refractivity contribution in [1.82, 2.24) is 0 Å². The summed E-state index contributed by atoms with van der Waals surface area (Å²) in [5.74, 6) is 7.14. The summed E-state index contributed by atoms with van der Waals surface area (Å²) in [7, 11) is 0. The van der Waals surface area contributed by atoms with Gasteiger partial charge < -0.3 is 14.6 Å². The molecule has 1 N–H and O–H groups in total. The van der Waals surface area contributed by atoms with Crippen LogP contribution in [0.5, 0.6) is 5.75 Å². The lowest BCUT2D eigenvalue weighted by atomic mass is 9.89. The monoisotopic (exact) mass is 288 g/mol. The number of hydrogen-bond donors (Lipinski definition) is 1. The molecule has 1 saturated carbocycles. The zero-order valence-electron chi connectivity index (χ0n) is 12.7. The molecule has 0 unspecified atom stereocenters. The van der Waals surface area contributed by atoms with Crippen molar-refractivity contribution in [3.8, 4) is 17.6 Å². The molecule has 0 amide bonds. The van der Waals surface area contributed by atoms with Crippen LogP contribution in [0.2, 0.25) is 0 Å². The molecule has 0 atom stereocenters. The molecule has 1 aromatic carbocycles. The van der Waals surface area contributed by atoms with E-state index in [1.807, 2.05) is 24.3 Å². The number of hydrogen-bond acceptors (Lipinski definition) is 3. The average Bonchev–Trinajstić information content (AvgIpc) is 2.52. The van der Waals surface area contributed by atoms with E-state index in [1.54, 1.807) is 0 Å². The first-order valence-corrected chi connectivity index (χ1v) is 7.72. The third kappa shape index (κ3) is 5.79. The van der Waals surface area contributed by atoms with Gasteiger partial charge in [-0.05, 0) is 49.8 Å². The van der Waals surface area contributed by atoms with E-state index in [9.17, 15) is 0 Å². The Morgan fingerprint density at radius 1 is 1.19 bits per heavy atom. The number of benzene rings is 1. The number of aliphatic hydroxyl groups is 1. The smallest absolute Gasteiger partial charge is 0.120 e. The highest BCUT2D eigenvalue weighted by Gasteiger charge is 2.18. The van der Waals surface area contributed by atoms with Crippen molar-refractivity contribution in [3.05, 3.63) is 29.8 Å². The molecular weight excluding hydrogens is 264 g/mol. The number of ether oxygens (including phenoxy) is 2. The van der Waals surface area contributed by atoms with Crippen LogP contribution < -0.4 is 4.74 Å². The lowest BCUT2D eigenvalue weighted by Crippen LogP contribution is -2.22. The Balaban J connectivity index is 1.68. The maximum atomic E-state index is 8.69. The predicted molar refractivity (Wildman–Crippen MR) is 83.3 cm³/mol. The number of aliphatic hydroxyl groups excluding tert-OH is 1. The molecular formula is C18H24O3. The summed E-state index contributed by atoms with van der Waals surface area (Å²) in [5.41, 5.74) is 0.851. The molecule has 1 aliphatic carbocycles. The van der Waals surface area contributed by atoms with Crippen LogP contribution in [0.4, 0.5) is 0 Å². The van der Waals surface area contributed by atoms with Crippen molar-refractivity contribution in [2.75, 3.05) is 19.8 Å². The topological polar surface area (TPSA) is 38.7 Å². The zero-order valence-corrected chi connectivity index (χ0v) is 12.7. The van der Waals surface area contributed by atoms with Gasteiger partial charge in [-0.15, -0.1) is 0 Å². The van der Waals surface area contributed by atoms with Gasteiger partial charge in [0.05, 0.1) is 12.7 Å². The molecule has 0 bridgehead atoms. The molecule has 0 aromatic heterocycles. The summed E-state index contributed by atoms with van der Waals surface area (Å²) >= 11 is 0. The van der Waals surface area contributed by atoms with Gasteiger partial charge in [0.15, 0.2) is 0 Å². The van der Waals surface area contributed by atoms with E-state index in [0.717, 1.165) is 17.2 Å². The van der Waals surface area contributed by atoms with E-state index >= 15 is 0 Å². The van der Waals surface area contributed by atoms with Crippen molar-refractivity contribution in [3.63, 3.8) is 0 Å². The molecule has 0 heterocycles. The van der Waals surface area contributed by atoms with Gasteiger partial charge in [-0.1, -0.05) is 24.8 Å². The van der Waals surface area contributed by atoms with Crippen molar-refractivity contribution in [1.29, 1.82) is 0 Å². The Morgan fingerprint density at radius 3 is 2.76 bits per heavy atom. The molecule has 1 aromatic rings. The fourth-order valence-corrected chi connectivity index (χ4v) is 2.58. The summed E-state index contributed by atoms with van der Waals surface area (Å²) < 4.78 is 11.5. The summed E-state index contributed by atoms with van der Waals surface area (Å²) in [6, 6.07) is 7.59. The van der Waals surface area contributed by atoms with Crippen molar-refractivity contribution >= 4 is 0 Å². The van der Waals surface area contributed by atoms with Crippen LogP contribution in [-0.4, -0.2) is 31.0 Å². The molecule has 114 valence electrons. The lowest BCUT2D eigenvalue weighted by Gasteiger charge is -2.26. The highest BCUT2D eigenvalue weighted by Crippen LogP contribution is 2.25. The molecule has 0 spiro atoms. The van der Waals surface area contributed by atoms with Crippen LogP contribution in [-0.2, 0) is 4.74 Å². The van der Waals surface area contributed by atoms with E-state index in [2.05, 4.69) is 18.8 Å². The van der Waals surface area contributed by atoms with Gasteiger partial charge in [0.2, 0.25) is 0 Å². The van der Waals surface area contributed by atoms with E-state index in [-0.39, 0.29) is 6.61 Å². The van der Waals surface area contributed by atoms with Gasteiger partial charge in [0.1, 0.15) is 19.0 Å². The minimum atomic E-state index is -0.126. The lowest BCUT2D eigenvalue weighted by molar-refractivity contribution is 0.00570. The second-order valence-corrected chi connectivity index (χ2v) is 5.59. The molecule has 0 aliphatic heterocycles. The van der Waals surface area contributed by atoms with Gasteiger partial charge in [0, 0.05) is 5.56 Å². The van der Waals surface area contributed by atoms with Crippen LogP contribution in [0.3, 0.4) is 0 Å². The summed E-state index contributed by atoms with van der Waals surface area (Å²) in [4.78, 5) is 0. The average molecular weight is 288 g/mol. The Bertz CT molecular complexity index is 479. The fraction of sp³-hybridized carbons (Fsp3) is 0.556. The molecule has 2 rings (SSSR count). The third-order valence-electron chi connectivity index (χ3n) is 3.81. The quantitative estimate of drug-likeness (QED) is 0.668. The summed E-state index contributed by atoms with van der Waals surface area (Å²) in [6.45, 7) is 3.37. The van der Waals surface area contributed by atoms with Crippen molar-refractivity contribution < 1.29 is 14.6 Å². The highest BCUT2D eigenvalue weighted by molar-refractivity contribution is 5.39. The minimum absolute atomic E-state index is 0.126. The first kappa shape index (κ1) is 15.9. The number of rotatable bonds is 5. The zero-order chi connectivity index (χ0) is 14.9. The molecule has 0 radical (unpaired) electrons. The van der Waals surface area contributed by atoms with Gasteiger partial charge in [-0.25, -0.2) is 0 Å². The molecule has 3 nitrogen and oxygen atoms in total. The van der Waals surface area contributed by atoms with Crippen LogP contribution in [0.25, 0.3) is 0 Å². The maximum absolute atomic E-state index is 8.69. The van der Waals surface area contributed by atoms with E-state index in [4.69, 9.17) is 14.6 Å². The van der Waals surface area contributed by atoms with Gasteiger partial charge in [0.25, 0.3) is 0 Å². The van der Waals surface area contributed by atoms with Crippen molar-refractivity contribution in [2.24, 2.45) is 5.92 Å². The Labute approximate surface area is 127 Å². The third-order valence-corrected chi connectivity index (χ3v) is 3.81. The second-order valence-electron chi connectivity index (χ2n) is 5.59. The van der Waals surface area contributed by atoms with Crippen LogP contribution >= 0.6 is 0 Å². The SMILES string of the molecule is CC1CCC(OCCOc2cccc(C#CCO)c2)CC1. The predicted octanol–water partition coefficient (Wildman–Crippen LogP) is 3.00. The fourth-order valence-electron chi connectivity index (χ4n) is 2.58. The summed E-state index contributed by atoms with van der Waals surface area (Å²) in [5, 5.41) is 8.69. The van der Waals surface area contributed by atoms with Gasteiger partial charge in [-0.2, -0.15) is 0 Å². The minimum Gasteiger partial charge on any atom is -0.491 e. The van der Waals surface area contributed by atoms with Crippen LogP contribution in [0.1, 0.15) is 38.2 Å². The van der Waals surface area contributed by atoms with Gasteiger partial charge >= 0.3 is 0 Å². The highest BCUT2D eigenvalue weighted by atomic mass is 16.5. The van der Waals surface area contributed by atoms with Crippen LogP contribution in [0.15, 0.2) is 24.3 Å². The Kier molecular flexibility index (Phi) is 6.59. The normalized spacial score (nSPS) is 21.4. The molecule has 0 saturated heterocycles. The van der Waals surface area contributed by atoms with E-state index in [1.165, 1.54) is 25.7 Å². The summed E-state index contributed by atoms with van der Waals surface area (Å²) in [6.07, 6.45) is 5.31. The molecule has 1 fully saturated rings. The van der Waals surface area contributed by atoms with E-state index in [0.29, 0.717) is 19.3 Å². The van der Waals surface area contributed by atoms with Crippen molar-refractivity contribution in [2.45, 2.75) is 38.7 Å². The van der Waals surface area contributed by atoms with E-state index < -0.39 is 0 Å². The molecule has 21 heavy (non-hydrogen) atoms. The standard InChI is InChI=1S/C18H24O3/c1-15-7-9-17(10-8-15)20-12-13-21-18-6-2-4-16(14-18)5-3-11-19/h2,4,6,14-15,17,19H,7-13H2,1H3.